The van der Waals surface area contributed by atoms with Crippen LogP contribution in [0, 0.1) is 0 Å². The van der Waals surface area contributed by atoms with Crippen molar-refractivity contribution in [1.29, 1.82) is 0 Å². The highest BCUT2D eigenvalue weighted by Crippen LogP contribution is 2.29. The highest BCUT2D eigenvalue weighted by molar-refractivity contribution is 7.98. The van der Waals surface area contributed by atoms with Gasteiger partial charge in [-0.05, 0) is 24.3 Å². The van der Waals surface area contributed by atoms with Gasteiger partial charge >= 0.3 is 0 Å². The van der Waals surface area contributed by atoms with E-state index in [1.807, 2.05) is 12.1 Å². The number of furan rings is 1. The third kappa shape index (κ3) is 3.94. The number of fused-ring (bicyclic) bond motifs is 1. The van der Waals surface area contributed by atoms with E-state index in [1.165, 1.54) is 12.1 Å². The molecular weight excluding hydrogens is 376 g/mol. The highest BCUT2D eigenvalue weighted by atomic mass is 32.2. The van der Waals surface area contributed by atoms with Crippen molar-refractivity contribution in [3.05, 3.63) is 54.0 Å². The number of amides is 2. The van der Waals surface area contributed by atoms with E-state index in [9.17, 15) is 18.0 Å². The van der Waals surface area contributed by atoms with Gasteiger partial charge in [-0.15, -0.1) is 0 Å². The third-order valence-electron chi connectivity index (χ3n) is 3.85. The van der Waals surface area contributed by atoms with Crippen molar-refractivity contribution in [3.63, 3.8) is 0 Å². The monoisotopic (exact) mass is 394 g/mol. The van der Waals surface area contributed by atoms with E-state index in [4.69, 9.17) is 4.42 Å². The predicted molar refractivity (Wildman–Crippen MR) is 97.2 cm³/mol. The Labute approximate surface area is 155 Å². The maximum Gasteiger partial charge on any atom is 0.269 e. The number of nitrogens with one attached hydrogen (secondary N) is 1. The van der Waals surface area contributed by atoms with Crippen LogP contribution in [0.3, 0.4) is 0 Å². The zero-order valence-corrected chi connectivity index (χ0v) is 15.5. The Balaban J connectivity index is 1.43. The molecule has 1 aromatic carbocycles. The van der Waals surface area contributed by atoms with E-state index in [2.05, 4.69) is 5.32 Å². The van der Waals surface area contributed by atoms with Crippen LogP contribution in [-0.2, 0) is 20.6 Å². The summed E-state index contributed by atoms with van der Waals surface area (Å²) in [6.07, 6.45) is 1.55. The van der Waals surface area contributed by atoms with Crippen molar-refractivity contribution in [2.45, 2.75) is 17.1 Å². The molecule has 7 nitrogen and oxygen atoms in total. The minimum atomic E-state index is -3.86. The molecule has 0 atom stereocenters. The topological polar surface area (TPSA) is 96.7 Å². The minimum Gasteiger partial charge on any atom is -0.468 e. The van der Waals surface area contributed by atoms with E-state index in [0.717, 1.165) is 15.8 Å². The van der Waals surface area contributed by atoms with Gasteiger partial charge in [-0.1, -0.05) is 12.1 Å². The molecule has 0 unspecified atom stereocenters. The van der Waals surface area contributed by atoms with Crippen molar-refractivity contribution < 1.29 is 22.4 Å². The lowest BCUT2D eigenvalue weighted by Gasteiger charge is -2.14. The molecule has 26 heavy (non-hydrogen) atoms. The zero-order valence-electron chi connectivity index (χ0n) is 13.9. The first-order valence-corrected chi connectivity index (χ1v) is 10.6. The van der Waals surface area contributed by atoms with Gasteiger partial charge in [0, 0.05) is 25.3 Å². The number of nitrogens with zero attached hydrogens (tertiary/aromatic N) is 1. The van der Waals surface area contributed by atoms with Gasteiger partial charge in [0.05, 0.1) is 17.6 Å². The molecule has 1 N–H and O–H groups in total. The van der Waals surface area contributed by atoms with Crippen LogP contribution in [0.5, 0.6) is 0 Å². The van der Waals surface area contributed by atoms with Crippen molar-refractivity contribution in [2.75, 3.05) is 18.8 Å². The number of thioether (sulfide) groups is 1. The quantitative estimate of drug-likeness (QED) is 0.687. The second-order valence-electron chi connectivity index (χ2n) is 5.61. The molecule has 9 heteroatoms. The van der Waals surface area contributed by atoms with E-state index >= 15 is 0 Å². The Hall–Kier alpha value is -2.26. The summed E-state index contributed by atoms with van der Waals surface area (Å²) >= 11 is 1.62. The van der Waals surface area contributed by atoms with Gasteiger partial charge in [-0.2, -0.15) is 11.8 Å². The molecule has 138 valence electrons. The summed E-state index contributed by atoms with van der Waals surface area (Å²) in [6.45, 7) is 0.298. The molecule has 0 spiro atoms. The number of hydrogen-bond donors (Lipinski definition) is 1. The molecule has 2 heterocycles. The highest BCUT2D eigenvalue weighted by Gasteiger charge is 2.40. The minimum absolute atomic E-state index is 0.000246. The summed E-state index contributed by atoms with van der Waals surface area (Å²) in [5.41, 5.74) is 0.155. The molecule has 0 aliphatic carbocycles. The van der Waals surface area contributed by atoms with Gasteiger partial charge in [-0.25, -0.2) is 12.7 Å². The van der Waals surface area contributed by atoms with Gasteiger partial charge in [0.1, 0.15) is 10.7 Å². The second-order valence-corrected chi connectivity index (χ2v) is 8.55. The standard InChI is InChI=1S/C17H18N2O5S2/c20-16(18-8-11-25-12-13-4-3-10-24-13)7-9-19-17(21)14-5-1-2-6-15(14)26(19,22)23/h1-6,10H,7-9,11-12H2,(H,18,20). The summed E-state index contributed by atoms with van der Waals surface area (Å²) < 4.78 is 30.7. The Morgan fingerprint density at radius 1 is 1.19 bits per heavy atom. The Kier molecular flexibility index (Phi) is 5.67. The maximum absolute atomic E-state index is 12.4. The number of carbonyl (C=O) groups is 2. The average molecular weight is 394 g/mol. The summed E-state index contributed by atoms with van der Waals surface area (Å²) in [5.74, 6) is 1.43. The smallest absolute Gasteiger partial charge is 0.269 e. The second kappa shape index (κ2) is 7.96. The summed E-state index contributed by atoms with van der Waals surface area (Å²) in [7, 11) is -3.86. The van der Waals surface area contributed by atoms with Crippen LogP contribution in [0.4, 0.5) is 0 Å². The molecule has 0 bridgehead atoms. The zero-order chi connectivity index (χ0) is 18.6. The first kappa shape index (κ1) is 18.5. The molecule has 1 aromatic heterocycles. The molecule has 1 aliphatic rings. The number of hydrogen-bond acceptors (Lipinski definition) is 6. The Bertz CT molecular complexity index is 894. The molecule has 0 radical (unpaired) electrons. The lowest BCUT2D eigenvalue weighted by Crippen LogP contribution is -2.35. The fourth-order valence-electron chi connectivity index (χ4n) is 2.57. The Morgan fingerprint density at radius 2 is 2.00 bits per heavy atom. The van der Waals surface area contributed by atoms with E-state index < -0.39 is 15.9 Å². The summed E-state index contributed by atoms with van der Waals surface area (Å²) in [5, 5.41) is 2.73. The van der Waals surface area contributed by atoms with Gasteiger partial charge in [-0.3, -0.25) is 9.59 Å². The molecule has 2 amide bonds. The first-order valence-electron chi connectivity index (χ1n) is 8.03. The van der Waals surface area contributed by atoms with Crippen molar-refractivity contribution in [1.82, 2.24) is 9.62 Å². The van der Waals surface area contributed by atoms with Gasteiger partial charge in [0.15, 0.2) is 0 Å². The summed E-state index contributed by atoms with van der Waals surface area (Å²) in [6, 6.07) is 9.77. The SMILES string of the molecule is O=C(CCN1C(=O)c2ccccc2S1(=O)=O)NCCSCc1ccco1. The Morgan fingerprint density at radius 3 is 2.73 bits per heavy atom. The van der Waals surface area contributed by atoms with Crippen LogP contribution in [0.2, 0.25) is 0 Å². The molecular formula is C17H18N2O5S2. The first-order chi connectivity index (χ1) is 12.5. The van der Waals surface area contributed by atoms with E-state index in [-0.39, 0.29) is 29.3 Å². The fraction of sp³-hybridized carbons (Fsp3) is 0.294. The van der Waals surface area contributed by atoms with Crippen molar-refractivity contribution in [3.8, 4) is 0 Å². The lowest BCUT2D eigenvalue weighted by atomic mass is 10.2. The lowest BCUT2D eigenvalue weighted by molar-refractivity contribution is -0.120. The number of rotatable bonds is 8. The van der Waals surface area contributed by atoms with Crippen LogP contribution in [0.15, 0.2) is 52.0 Å². The van der Waals surface area contributed by atoms with Crippen LogP contribution in [0.1, 0.15) is 22.5 Å². The molecule has 3 rings (SSSR count). The van der Waals surface area contributed by atoms with Crippen molar-refractivity contribution in [2.24, 2.45) is 0 Å². The third-order valence-corrected chi connectivity index (χ3v) is 6.67. The summed E-state index contributed by atoms with van der Waals surface area (Å²) in [4.78, 5) is 24.1. The fourth-order valence-corrected chi connectivity index (χ4v) is 4.90. The van der Waals surface area contributed by atoms with Crippen LogP contribution in [-0.4, -0.2) is 43.4 Å². The molecule has 2 aromatic rings. The predicted octanol–water partition coefficient (Wildman–Crippen LogP) is 1.86. The number of sulfonamides is 1. The van der Waals surface area contributed by atoms with E-state index in [0.29, 0.717) is 12.3 Å². The number of benzene rings is 1. The normalized spacial score (nSPS) is 15.1. The number of carbonyl (C=O) groups excluding carboxylic acids is 2. The average Bonchev–Trinajstić information content (AvgIpc) is 3.20. The molecule has 0 fully saturated rings. The van der Waals surface area contributed by atoms with Gasteiger partial charge in [0.2, 0.25) is 5.91 Å². The largest absolute Gasteiger partial charge is 0.468 e. The van der Waals surface area contributed by atoms with Gasteiger partial charge in [0.25, 0.3) is 15.9 Å². The van der Waals surface area contributed by atoms with Gasteiger partial charge < -0.3 is 9.73 Å². The van der Waals surface area contributed by atoms with Crippen molar-refractivity contribution >= 4 is 33.6 Å². The molecule has 0 saturated carbocycles. The van der Waals surface area contributed by atoms with E-state index in [1.54, 1.807) is 30.2 Å². The van der Waals surface area contributed by atoms with Crippen LogP contribution in [0.25, 0.3) is 0 Å². The molecule has 1 aliphatic heterocycles. The maximum atomic E-state index is 12.4. The van der Waals surface area contributed by atoms with Crippen LogP contribution < -0.4 is 5.32 Å². The molecule has 0 saturated heterocycles. The van der Waals surface area contributed by atoms with Crippen LogP contribution >= 0.6 is 11.8 Å².